The van der Waals surface area contributed by atoms with E-state index in [-0.39, 0.29) is 10.8 Å². The number of hydrogen-bond donors (Lipinski definition) is 1. The van der Waals surface area contributed by atoms with Gasteiger partial charge in [-0.2, -0.15) is 0 Å². The molecule has 1 N–H and O–H groups in total. The molecule has 2 aromatic rings. The van der Waals surface area contributed by atoms with Crippen LogP contribution in [0.5, 0.6) is 0 Å². The molecule has 0 aliphatic carbocycles. The Morgan fingerprint density at radius 3 is 2.81 bits per heavy atom. The van der Waals surface area contributed by atoms with Crippen molar-refractivity contribution in [1.29, 1.82) is 0 Å². The first-order chi connectivity index (χ1) is 7.66. The molecule has 1 heterocycles. The van der Waals surface area contributed by atoms with Crippen LogP contribution in [0, 0.1) is 0 Å². The number of aromatic carboxylic acids is 1. The van der Waals surface area contributed by atoms with Crippen molar-refractivity contribution >= 4 is 17.6 Å². The van der Waals surface area contributed by atoms with Crippen molar-refractivity contribution in [2.75, 3.05) is 0 Å². The van der Waals surface area contributed by atoms with Gasteiger partial charge in [-0.3, -0.25) is 0 Å². The monoisotopic (exact) mass is 234 g/mol. The van der Waals surface area contributed by atoms with E-state index < -0.39 is 5.97 Å². The lowest BCUT2D eigenvalue weighted by Crippen LogP contribution is -1.96. The standard InChI is InChI=1S/C11H7ClN2O2/c12-11-13-5-4-9(14-11)7-2-1-3-8(6-7)10(15)16/h1-6H,(H,15,16). The number of aromatic nitrogens is 2. The second kappa shape index (κ2) is 4.28. The number of hydrogen-bond acceptors (Lipinski definition) is 3. The van der Waals surface area contributed by atoms with Crippen LogP contribution in [-0.4, -0.2) is 21.0 Å². The lowest BCUT2D eigenvalue weighted by molar-refractivity contribution is 0.0697. The van der Waals surface area contributed by atoms with Crippen molar-refractivity contribution in [2.24, 2.45) is 0 Å². The van der Waals surface area contributed by atoms with E-state index in [1.165, 1.54) is 12.3 Å². The van der Waals surface area contributed by atoms with Gasteiger partial charge in [0.25, 0.3) is 0 Å². The molecule has 0 amide bonds. The third kappa shape index (κ3) is 2.17. The molecule has 0 fully saturated rings. The molecule has 0 radical (unpaired) electrons. The average Bonchev–Trinajstić information content (AvgIpc) is 2.29. The Labute approximate surface area is 96.6 Å². The molecule has 0 bridgehead atoms. The lowest BCUT2D eigenvalue weighted by atomic mass is 10.1. The Kier molecular flexibility index (Phi) is 2.83. The molecule has 5 heteroatoms. The predicted octanol–water partition coefficient (Wildman–Crippen LogP) is 2.50. The fourth-order valence-corrected chi connectivity index (χ4v) is 1.45. The summed E-state index contributed by atoms with van der Waals surface area (Å²) in [6, 6.07) is 8.17. The van der Waals surface area contributed by atoms with Crippen LogP contribution in [-0.2, 0) is 0 Å². The number of rotatable bonds is 2. The van der Waals surface area contributed by atoms with Crippen molar-refractivity contribution in [1.82, 2.24) is 9.97 Å². The summed E-state index contributed by atoms with van der Waals surface area (Å²) < 4.78 is 0. The van der Waals surface area contributed by atoms with E-state index in [9.17, 15) is 4.79 Å². The molecule has 0 aliphatic heterocycles. The number of halogens is 1. The Morgan fingerprint density at radius 2 is 2.12 bits per heavy atom. The summed E-state index contributed by atoms with van der Waals surface area (Å²) in [6.45, 7) is 0. The van der Waals surface area contributed by atoms with Gasteiger partial charge in [-0.25, -0.2) is 14.8 Å². The Bertz CT molecular complexity index is 543. The minimum absolute atomic E-state index is 0.137. The zero-order chi connectivity index (χ0) is 11.5. The quantitative estimate of drug-likeness (QED) is 0.811. The fourth-order valence-electron chi connectivity index (χ4n) is 1.31. The number of benzene rings is 1. The van der Waals surface area contributed by atoms with Crippen LogP contribution in [0.2, 0.25) is 5.28 Å². The third-order valence-corrected chi connectivity index (χ3v) is 2.21. The van der Waals surface area contributed by atoms with Crippen molar-refractivity contribution in [3.8, 4) is 11.3 Å². The van der Waals surface area contributed by atoms with E-state index in [0.717, 1.165) is 0 Å². The highest BCUT2D eigenvalue weighted by Gasteiger charge is 2.05. The van der Waals surface area contributed by atoms with E-state index in [0.29, 0.717) is 11.3 Å². The largest absolute Gasteiger partial charge is 0.478 e. The molecule has 80 valence electrons. The molecule has 1 aromatic carbocycles. The van der Waals surface area contributed by atoms with Gasteiger partial charge in [0.2, 0.25) is 5.28 Å². The van der Waals surface area contributed by atoms with Gasteiger partial charge < -0.3 is 5.11 Å². The van der Waals surface area contributed by atoms with Crippen LogP contribution in [0.3, 0.4) is 0 Å². The normalized spacial score (nSPS) is 10.1. The molecule has 2 rings (SSSR count). The van der Waals surface area contributed by atoms with Gasteiger partial charge in [0, 0.05) is 11.8 Å². The van der Waals surface area contributed by atoms with Crippen molar-refractivity contribution < 1.29 is 9.90 Å². The van der Waals surface area contributed by atoms with E-state index in [2.05, 4.69) is 9.97 Å². The first-order valence-corrected chi connectivity index (χ1v) is 4.87. The van der Waals surface area contributed by atoms with Gasteiger partial charge in [0.05, 0.1) is 11.3 Å². The summed E-state index contributed by atoms with van der Waals surface area (Å²) in [7, 11) is 0. The van der Waals surface area contributed by atoms with Crippen LogP contribution >= 0.6 is 11.6 Å². The van der Waals surface area contributed by atoms with E-state index in [1.54, 1.807) is 24.3 Å². The Morgan fingerprint density at radius 1 is 1.31 bits per heavy atom. The zero-order valence-electron chi connectivity index (χ0n) is 8.09. The minimum atomic E-state index is -0.970. The van der Waals surface area contributed by atoms with Crippen LogP contribution in [0.15, 0.2) is 36.5 Å². The first-order valence-electron chi connectivity index (χ1n) is 4.49. The topological polar surface area (TPSA) is 63.1 Å². The van der Waals surface area contributed by atoms with Crippen LogP contribution in [0.25, 0.3) is 11.3 Å². The number of nitrogens with zero attached hydrogens (tertiary/aromatic N) is 2. The highest BCUT2D eigenvalue weighted by Crippen LogP contribution is 2.18. The fraction of sp³-hybridized carbons (Fsp3) is 0. The summed E-state index contributed by atoms with van der Waals surface area (Å²) in [5, 5.41) is 8.99. The van der Waals surface area contributed by atoms with Gasteiger partial charge in [0.1, 0.15) is 0 Å². The summed E-state index contributed by atoms with van der Waals surface area (Å²) in [4.78, 5) is 18.6. The highest BCUT2D eigenvalue weighted by molar-refractivity contribution is 6.28. The van der Waals surface area contributed by atoms with E-state index in [1.807, 2.05) is 0 Å². The highest BCUT2D eigenvalue weighted by atomic mass is 35.5. The molecule has 1 aromatic heterocycles. The van der Waals surface area contributed by atoms with Crippen molar-refractivity contribution in [2.45, 2.75) is 0 Å². The Balaban J connectivity index is 2.48. The van der Waals surface area contributed by atoms with Gasteiger partial charge in [-0.1, -0.05) is 12.1 Å². The van der Waals surface area contributed by atoms with Gasteiger partial charge in [0.15, 0.2) is 0 Å². The molecule has 0 unspecified atom stereocenters. The molecule has 4 nitrogen and oxygen atoms in total. The first kappa shape index (κ1) is 10.6. The summed E-state index contributed by atoms with van der Waals surface area (Å²) in [5.74, 6) is -0.970. The molecule has 0 atom stereocenters. The average molecular weight is 235 g/mol. The molecule has 16 heavy (non-hydrogen) atoms. The Hall–Kier alpha value is -1.94. The SMILES string of the molecule is O=C(O)c1cccc(-c2ccnc(Cl)n2)c1. The minimum Gasteiger partial charge on any atom is -0.478 e. The van der Waals surface area contributed by atoms with Gasteiger partial charge in [-0.15, -0.1) is 0 Å². The van der Waals surface area contributed by atoms with Crippen LogP contribution < -0.4 is 0 Å². The number of carbonyl (C=O) groups is 1. The molecular formula is C11H7ClN2O2. The molecule has 0 saturated heterocycles. The van der Waals surface area contributed by atoms with Crippen LogP contribution in [0.1, 0.15) is 10.4 Å². The maximum absolute atomic E-state index is 10.8. The molecule has 0 aliphatic rings. The lowest BCUT2D eigenvalue weighted by Gasteiger charge is -2.01. The van der Waals surface area contributed by atoms with E-state index >= 15 is 0 Å². The summed E-state index contributed by atoms with van der Waals surface area (Å²) in [6.07, 6.45) is 1.53. The predicted molar refractivity (Wildman–Crippen MR) is 59.4 cm³/mol. The van der Waals surface area contributed by atoms with Crippen molar-refractivity contribution in [3.63, 3.8) is 0 Å². The summed E-state index contributed by atoms with van der Waals surface area (Å²) >= 11 is 5.66. The van der Waals surface area contributed by atoms with Gasteiger partial charge in [-0.05, 0) is 29.8 Å². The van der Waals surface area contributed by atoms with Crippen LogP contribution in [0.4, 0.5) is 0 Å². The number of carboxylic acid groups (broad SMARTS) is 1. The zero-order valence-corrected chi connectivity index (χ0v) is 8.85. The van der Waals surface area contributed by atoms with Crippen molar-refractivity contribution in [3.05, 3.63) is 47.4 Å². The molecule has 0 spiro atoms. The van der Waals surface area contributed by atoms with Gasteiger partial charge >= 0.3 is 5.97 Å². The second-order valence-electron chi connectivity index (χ2n) is 3.10. The third-order valence-electron chi connectivity index (χ3n) is 2.03. The maximum Gasteiger partial charge on any atom is 0.335 e. The second-order valence-corrected chi connectivity index (χ2v) is 3.43. The van der Waals surface area contributed by atoms with E-state index in [4.69, 9.17) is 16.7 Å². The molecular weight excluding hydrogens is 228 g/mol. The molecule has 0 saturated carbocycles. The summed E-state index contributed by atoms with van der Waals surface area (Å²) in [5.41, 5.74) is 1.51. The number of carboxylic acids is 1. The maximum atomic E-state index is 10.8. The smallest absolute Gasteiger partial charge is 0.335 e.